The van der Waals surface area contributed by atoms with Gasteiger partial charge in [-0.1, -0.05) is 23.8 Å². The van der Waals surface area contributed by atoms with Crippen molar-refractivity contribution in [3.05, 3.63) is 65.5 Å². The highest BCUT2D eigenvalue weighted by Crippen LogP contribution is 2.25. The number of nitrogens with one attached hydrogen (secondary N) is 1. The van der Waals surface area contributed by atoms with E-state index < -0.39 is 0 Å². The largest absolute Gasteiger partial charge is 0.352 e. The lowest BCUT2D eigenvalue weighted by Crippen LogP contribution is -2.51. The second-order valence-corrected chi connectivity index (χ2v) is 8.81. The van der Waals surface area contributed by atoms with Crippen LogP contribution < -0.4 is 5.32 Å². The Bertz CT molecular complexity index is 893. The molecule has 2 aromatic rings. The number of rotatable bonds is 5. The third kappa shape index (κ3) is 5.50. The van der Waals surface area contributed by atoms with E-state index >= 15 is 0 Å². The zero-order valence-electron chi connectivity index (χ0n) is 18.3. The Labute approximate surface area is 184 Å². The van der Waals surface area contributed by atoms with E-state index in [1.807, 2.05) is 48.2 Å². The molecule has 2 aliphatic heterocycles. The van der Waals surface area contributed by atoms with Crippen molar-refractivity contribution in [2.75, 3.05) is 26.2 Å². The van der Waals surface area contributed by atoms with E-state index in [9.17, 15) is 9.59 Å². The zero-order valence-corrected chi connectivity index (χ0v) is 18.3. The van der Waals surface area contributed by atoms with Gasteiger partial charge in [0.05, 0.1) is 5.92 Å². The number of piperidine rings is 2. The standard InChI is InChI=1S/C25H32N4O2/c1-19-5-2-7-21(15-19)25(31)28-13-9-23(10-14-28)29-12-4-8-22(18-29)24(30)27-17-20-6-3-11-26-16-20/h2-3,5-7,11,15-16,22-23H,4,8-10,12-14,17-18H2,1H3,(H,27,30). The van der Waals surface area contributed by atoms with Gasteiger partial charge in [-0.25, -0.2) is 0 Å². The summed E-state index contributed by atoms with van der Waals surface area (Å²) in [6.45, 7) is 5.97. The molecular formula is C25H32N4O2. The molecule has 0 aliphatic carbocycles. The number of hydrogen-bond acceptors (Lipinski definition) is 4. The summed E-state index contributed by atoms with van der Waals surface area (Å²) in [5.74, 6) is 0.312. The van der Waals surface area contributed by atoms with Crippen LogP contribution in [0.4, 0.5) is 0 Å². The van der Waals surface area contributed by atoms with Crippen LogP contribution in [0.3, 0.4) is 0 Å². The van der Waals surface area contributed by atoms with Gasteiger partial charge in [-0.3, -0.25) is 19.5 Å². The molecule has 2 aliphatic rings. The summed E-state index contributed by atoms with van der Waals surface area (Å²) in [4.78, 5) is 34.1. The molecule has 0 bridgehead atoms. The topological polar surface area (TPSA) is 65.5 Å². The highest BCUT2D eigenvalue weighted by molar-refractivity contribution is 5.94. The van der Waals surface area contributed by atoms with Crippen molar-refractivity contribution >= 4 is 11.8 Å². The highest BCUT2D eigenvalue weighted by Gasteiger charge is 2.32. The summed E-state index contributed by atoms with van der Waals surface area (Å²) in [5.41, 5.74) is 2.91. The van der Waals surface area contributed by atoms with Crippen LogP contribution in [-0.2, 0) is 11.3 Å². The number of carbonyl (C=O) groups excluding carboxylic acids is 2. The molecule has 3 heterocycles. The Morgan fingerprint density at radius 1 is 1.10 bits per heavy atom. The number of aromatic nitrogens is 1. The van der Waals surface area contributed by atoms with Crippen LogP contribution in [0.1, 0.15) is 47.2 Å². The van der Waals surface area contributed by atoms with E-state index in [0.29, 0.717) is 12.6 Å². The summed E-state index contributed by atoms with van der Waals surface area (Å²) in [6.07, 6.45) is 7.47. The number of aryl methyl sites for hydroxylation is 1. The average molecular weight is 421 g/mol. The Hall–Kier alpha value is -2.73. The van der Waals surface area contributed by atoms with E-state index in [2.05, 4.69) is 15.2 Å². The number of amides is 2. The molecule has 1 atom stereocenters. The van der Waals surface area contributed by atoms with Crippen molar-refractivity contribution in [2.45, 2.75) is 45.2 Å². The fraction of sp³-hybridized carbons (Fsp3) is 0.480. The van der Waals surface area contributed by atoms with Crippen LogP contribution in [0, 0.1) is 12.8 Å². The first-order chi connectivity index (χ1) is 15.1. The zero-order chi connectivity index (χ0) is 21.6. The molecule has 2 amide bonds. The van der Waals surface area contributed by atoms with Gasteiger partial charge in [0.1, 0.15) is 0 Å². The fourth-order valence-corrected chi connectivity index (χ4v) is 4.78. The maximum atomic E-state index is 12.8. The van der Waals surface area contributed by atoms with Crippen molar-refractivity contribution < 1.29 is 9.59 Å². The Balaban J connectivity index is 1.26. The minimum absolute atomic E-state index is 0.0392. The lowest BCUT2D eigenvalue weighted by molar-refractivity contribution is -0.127. The molecule has 1 aromatic carbocycles. The van der Waals surface area contributed by atoms with Crippen molar-refractivity contribution in [2.24, 2.45) is 5.92 Å². The van der Waals surface area contributed by atoms with Crippen molar-refractivity contribution in [3.63, 3.8) is 0 Å². The lowest BCUT2D eigenvalue weighted by atomic mass is 9.93. The number of hydrogen-bond donors (Lipinski definition) is 1. The SMILES string of the molecule is Cc1cccc(C(=O)N2CCC(N3CCCC(C(=O)NCc4cccnc4)C3)CC2)c1. The number of pyridine rings is 1. The van der Waals surface area contributed by atoms with Gasteiger partial charge < -0.3 is 10.2 Å². The normalized spacial score (nSPS) is 20.4. The van der Waals surface area contributed by atoms with Gasteiger partial charge in [-0.2, -0.15) is 0 Å². The minimum atomic E-state index is 0.0392. The number of carbonyl (C=O) groups is 2. The summed E-state index contributed by atoms with van der Waals surface area (Å²) >= 11 is 0. The predicted molar refractivity (Wildman–Crippen MR) is 120 cm³/mol. The van der Waals surface area contributed by atoms with Gasteiger partial charge in [0.25, 0.3) is 5.91 Å². The van der Waals surface area contributed by atoms with Gasteiger partial charge in [0, 0.05) is 50.2 Å². The van der Waals surface area contributed by atoms with Crippen LogP contribution in [0.25, 0.3) is 0 Å². The number of likely N-dealkylation sites (tertiary alicyclic amines) is 2. The summed E-state index contributed by atoms with van der Waals surface area (Å²) in [7, 11) is 0. The molecule has 6 nitrogen and oxygen atoms in total. The maximum absolute atomic E-state index is 12.8. The Morgan fingerprint density at radius 2 is 1.94 bits per heavy atom. The van der Waals surface area contributed by atoms with Gasteiger partial charge >= 0.3 is 0 Å². The molecule has 6 heteroatoms. The Morgan fingerprint density at radius 3 is 2.68 bits per heavy atom. The minimum Gasteiger partial charge on any atom is -0.352 e. The average Bonchev–Trinajstić information content (AvgIpc) is 2.83. The summed E-state index contributed by atoms with van der Waals surface area (Å²) in [6, 6.07) is 12.2. The molecule has 0 spiro atoms. The lowest BCUT2D eigenvalue weighted by Gasteiger charge is -2.42. The fourth-order valence-electron chi connectivity index (χ4n) is 4.78. The first-order valence-corrected chi connectivity index (χ1v) is 11.4. The second-order valence-electron chi connectivity index (χ2n) is 8.81. The molecule has 31 heavy (non-hydrogen) atoms. The van der Waals surface area contributed by atoms with E-state index in [1.54, 1.807) is 12.4 Å². The quantitative estimate of drug-likeness (QED) is 0.808. The predicted octanol–water partition coefficient (Wildman–Crippen LogP) is 3.02. The van der Waals surface area contributed by atoms with Crippen LogP contribution in [0.15, 0.2) is 48.8 Å². The van der Waals surface area contributed by atoms with Crippen molar-refractivity contribution in [3.8, 4) is 0 Å². The van der Waals surface area contributed by atoms with Gasteiger partial charge in [-0.15, -0.1) is 0 Å². The van der Waals surface area contributed by atoms with Gasteiger partial charge in [0.2, 0.25) is 5.91 Å². The second kappa shape index (κ2) is 10.1. The van der Waals surface area contributed by atoms with Crippen LogP contribution >= 0.6 is 0 Å². The monoisotopic (exact) mass is 420 g/mol. The van der Waals surface area contributed by atoms with Crippen molar-refractivity contribution in [1.82, 2.24) is 20.1 Å². The maximum Gasteiger partial charge on any atom is 0.253 e. The number of benzene rings is 1. The van der Waals surface area contributed by atoms with E-state index in [-0.39, 0.29) is 17.7 Å². The third-order valence-corrected chi connectivity index (χ3v) is 6.55. The van der Waals surface area contributed by atoms with E-state index in [0.717, 1.165) is 68.6 Å². The molecule has 2 saturated heterocycles. The molecule has 0 radical (unpaired) electrons. The highest BCUT2D eigenvalue weighted by atomic mass is 16.2. The third-order valence-electron chi connectivity index (χ3n) is 6.55. The molecule has 1 N–H and O–H groups in total. The van der Waals surface area contributed by atoms with Crippen LogP contribution in [-0.4, -0.2) is 58.8 Å². The van der Waals surface area contributed by atoms with Crippen molar-refractivity contribution in [1.29, 1.82) is 0 Å². The van der Waals surface area contributed by atoms with E-state index in [1.165, 1.54) is 0 Å². The van der Waals surface area contributed by atoms with E-state index in [4.69, 9.17) is 0 Å². The van der Waals surface area contributed by atoms with Gasteiger partial charge in [0.15, 0.2) is 0 Å². The molecule has 4 rings (SSSR count). The van der Waals surface area contributed by atoms with Crippen LogP contribution in [0.5, 0.6) is 0 Å². The first-order valence-electron chi connectivity index (χ1n) is 11.4. The number of nitrogens with zero attached hydrogens (tertiary/aromatic N) is 3. The molecule has 164 valence electrons. The van der Waals surface area contributed by atoms with Gasteiger partial charge in [-0.05, 0) is 62.9 Å². The Kier molecular flexibility index (Phi) is 6.97. The molecule has 2 fully saturated rings. The first kappa shape index (κ1) is 21.5. The van der Waals surface area contributed by atoms with Crippen LogP contribution in [0.2, 0.25) is 0 Å². The molecule has 1 aromatic heterocycles. The summed E-state index contributed by atoms with van der Waals surface area (Å²) in [5, 5.41) is 3.08. The smallest absolute Gasteiger partial charge is 0.253 e. The molecule has 1 unspecified atom stereocenters. The molecule has 0 saturated carbocycles. The molecular weight excluding hydrogens is 388 g/mol. The summed E-state index contributed by atoms with van der Waals surface area (Å²) < 4.78 is 0.